The minimum atomic E-state index is 0.434. The SMILES string of the molecule is CCN1CCC(NC(=S)Nc2ccc(Cl)cc2Cl)CC1. The number of rotatable bonds is 3. The first kappa shape index (κ1) is 15.8. The van der Waals surface area contributed by atoms with E-state index >= 15 is 0 Å². The maximum atomic E-state index is 6.11. The summed E-state index contributed by atoms with van der Waals surface area (Å²) in [5.74, 6) is 0. The number of nitrogens with zero attached hydrogens (tertiary/aromatic N) is 1. The normalized spacial score (nSPS) is 16.9. The van der Waals surface area contributed by atoms with Gasteiger partial charge in [-0.2, -0.15) is 0 Å². The predicted molar refractivity (Wildman–Crippen MR) is 91.0 cm³/mol. The maximum Gasteiger partial charge on any atom is 0.171 e. The molecule has 0 aliphatic carbocycles. The van der Waals surface area contributed by atoms with Gasteiger partial charge in [-0.1, -0.05) is 30.1 Å². The molecular formula is C14H19Cl2N3S. The van der Waals surface area contributed by atoms with Gasteiger partial charge in [-0.3, -0.25) is 0 Å². The Morgan fingerprint density at radius 2 is 2.05 bits per heavy atom. The fourth-order valence-corrected chi connectivity index (χ4v) is 3.06. The number of halogens is 2. The van der Waals surface area contributed by atoms with Gasteiger partial charge in [0, 0.05) is 24.2 Å². The number of piperidine rings is 1. The Kier molecular flexibility index (Phi) is 5.90. The highest BCUT2D eigenvalue weighted by Crippen LogP contribution is 2.25. The zero-order chi connectivity index (χ0) is 14.5. The predicted octanol–water partition coefficient (Wildman–Crippen LogP) is 3.76. The summed E-state index contributed by atoms with van der Waals surface area (Å²) < 4.78 is 0. The second kappa shape index (κ2) is 7.46. The van der Waals surface area contributed by atoms with Gasteiger partial charge < -0.3 is 15.5 Å². The monoisotopic (exact) mass is 331 g/mol. The molecule has 0 atom stereocenters. The van der Waals surface area contributed by atoms with Crippen molar-refractivity contribution in [1.29, 1.82) is 0 Å². The van der Waals surface area contributed by atoms with Crippen LogP contribution in [0.3, 0.4) is 0 Å². The van der Waals surface area contributed by atoms with E-state index in [-0.39, 0.29) is 0 Å². The molecule has 1 aliphatic heterocycles. The van der Waals surface area contributed by atoms with E-state index in [4.69, 9.17) is 35.4 Å². The van der Waals surface area contributed by atoms with Gasteiger partial charge in [0.15, 0.2) is 5.11 Å². The van der Waals surface area contributed by atoms with E-state index in [9.17, 15) is 0 Å². The molecule has 1 aromatic carbocycles. The first-order valence-corrected chi connectivity index (χ1v) is 8.00. The van der Waals surface area contributed by atoms with Gasteiger partial charge in [-0.15, -0.1) is 0 Å². The second-order valence-corrected chi connectivity index (χ2v) is 6.18. The van der Waals surface area contributed by atoms with Crippen molar-refractivity contribution in [2.24, 2.45) is 0 Å². The van der Waals surface area contributed by atoms with Crippen LogP contribution in [0, 0.1) is 0 Å². The molecule has 1 fully saturated rings. The highest BCUT2D eigenvalue weighted by molar-refractivity contribution is 7.80. The molecule has 0 spiro atoms. The third-order valence-corrected chi connectivity index (χ3v) is 4.32. The number of hydrogen-bond acceptors (Lipinski definition) is 2. The van der Waals surface area contributed by atoms with Crippen LogP contribution < -0.4 is 10.6 Å². The average Bonchev–Trinajstić information content (AvgIpc) is 2.43. The molecule has 0 saturated carbocycles. The molecule has 6 heteroatoms. The molecule has 2 rings (SSSR count). The van der Waals surface area contributed by atoms with Crippen molar-refractivity contribution >= 4 is 46.2 Å². The van der Waals surface area contributed by atoms with Gasteiger partial charge in [-0.05, 0) is 49.8 Å². The van der Waals surface area contributed by atoms with E-state index < -0.39 is 0 Å². The lowest BCUT2D eigenvalue weighted by Crippen LogP contribution is -2.45. The summed E-state index contributed by atoms with van der Waals surface area (Å²) in [5.41, 5.74) is 0.777. The summed E-state index contributed by atoms with van der Waals surface area (Å²) in [7, 11) is 0. The smallest absolute Gasteiger partial charge is 0.171 e. The summed E-state index contributed by atoms with van der Waals surface area (Å²) >= 11 is 17.3. The number of benzene rings is 1. The van der Waals surface area contributed by atoms with E-state index in [1.807, 2.05) is 6.07 Å². The molecule has 0 amide bonds. The van der Waals surface area contributed by atoms with E-state index in [0.29, 0.717) is 21.2 Å². The Morgan fingerprint density at radius 1 is 1.35 bits per heavy atom. The average molecular weight is 332 g/mol. The van der Waals surface area contributed by atoms with Crippen molar-refractivity contribution < 1.29 is 0 Å². The minimum absolute atomic E-state index is 0.434. The summed E-state index contributed by atoms with van der Waals surface area (Å²) in [6.45, 7) is 5.56. The van der Waals surface area contributed by atoms with Crippen LogP contribution in [0.4, 0.5) is 5.69 Å². The molecule has 0 radical (unpaired) electrons. The van der Waals surface area contributed by atoms with Gasteiger partial charge in [0.2, 0.25) is 0 Å². The number of hydrogen-bond donors (Lipinski definition) is 2. The molecular weight excluding hydrogens is 313 g/mol. The van der Waals surface area contributed by atoms with Crippen LogP contribution in [0.15, 0.2) is 18.2 Å². The molecule has 1 heterocycles. The molecule has 0 unspecified atom stereocenters. The third kappa shape index (κ3) is 4.48. The molecule has 3 nitrogen and oxygen atoms in total. The van der Waals surface area contributed by atoms with Crippen LogP contribution in [-0.4, -0.2) is 35.7 Å². The van der Waals surface area contributed by atoms with E-state index in [1.54, 1.807) is 12.1 Å². The van der Waals surface area contributed by atoms with Crippen LogP contribution in [0.2, 0.25) is 10.0 Å². The molecule has 110 valence electrons. The first-order chi connectivity index (χ1) is 9.58. The van der Waals surface area contributed by atoms with E-state index in [2.05, 4.69) is 22.5 Å². The Bertz CT molecular complexity index is 473. The van der Waals surface area contributed by atoms with Gasteiger partial charge in [0.05, 0.1) is 10.7 Å². The van der Waals surface area contributed by atoms with Gasteiger partial charge >= 0.3 is 0 Å². The molecule has 0 aromatic heterocycles. The largest absolute Gasteiger partial charge is 0.360 e. The van der Waals surface area contributed by atoms with Crippen molar-refractivity contribution in [3.05, 3.63) is 28.2 Å². The Labute approximate surface area is 135 Å². The molecule has 1 aromatic rings. The Balaban J connectivity index is 1.84. The van der Waals surface area contributed by atoms with Crippen molar-refractivity contribution in [1.82, 2.24) is 10.2 Å². The number of anilines is 1. The lowest BCUT2D eigenvalue weighted by molar-refractivity contribution is 0.216. The van der Waals surface area contributed by atoms with Gasteiger partial charge in [0.25, 0.3) is 0 Å². The molecule has 0 bridgehead atoms. The first-order valence-electron chi connectivity index (χ1n) is 6.83. The van der Waals surface area contributed by atoms with E-state index in [1.165, 1.54) is 0 Å². The van der Waals surface area contributed by atoms with Crippen LogP contribution in [0.5, 0.6) is 0 Å². The zero-order valence-electron chi connectivity index (χ0n) is 11.5. The van der Waals surface area contributed by atoms with Crippen molar-refractivity contribution in [2.75, 3.05) is 25.0 Å². The third-order valence-electron chi connectivity index (χ3n) is 3.55. The summed E-state index contributed by atoms with van der Waals surface area (Å²) in [6, 6.07) is 5.76. The molecule has 1 saturated heterocycles. The van der Waals surface area contributed by atoms with E-state index in [0.717, 1.165) is 38.2 Å². The lowest BCUT2D eigenvalue weighted by Gasteiger charge is -2.32. The quantitative estimate of drug-likeness (QED) is 0.824. The van der Waals surface area contributed by atoms with Crippen molar-refractivity contribution in [3.63, 3.8) is 0 Å². The second-order valence-electron chi connectivity index (χ2n) is 4.93. The lowest BCUT2D eigenvalue weighted by atomic mass is 10.1. The van der Waals surface area contributed by atoms with Crippen molar-refractivity contribution in [2.45, 2.75) is 25.8 Å². The van der Waals surface area contributed by atoms with Gasteiger partial charge in [0.1, 0.15) is 0 Å². The van der Waals surface area contributed by atoms with Crippen molar-refractivity contribution in [3.8, 4) is 0 Å². The highest BCUT2D eigenvalue weighted by Gasteiger charge is 2.18. The topological polar surface area (TPSA) is 27.3 Å². The molecule has 2 N–H and O–H groups in total. The summed E-state index contributed by atoms with van der Waals surface area (Å²) in [4.78, 5) is 2.45. The van der Waals surface area contributed by atoms with Crippen LogP contribution >= 0.6 is 35.4 Å². The maximum absolute atomic E-state index is 6.11. The fraction of sp³-hybridized carbons (Fsp3) is 0.500. The number of thiocarbonyl (C=S) groups is 1. The standard InChI is InChI=1S/C14H19Cl2N3S/c1-2-19-7-5-11(6-8-19)17-14(20)18-13-4-3-10(15)9-12(13)16/h3-4,9,11H,2,5-8H2,1H3,(H2,17,18,20). The highest BCUT2D eigenvalue weighted by atomic mass is 35.5. The summed E-state index contributed by atoms with van der Waals surface area (Å²) in [6.07, 6.45) is 2.23. The summed E-state index contributed by atoms with van der Waals surface area (Å²) in [5, 5.41) is 8.29. The number of nitrogens with one attached hydrogen (secondary N) is 2. The minimum Gasteiger partial charge on any atom is -0.360 e. The molecule has 1 aliphatic rings. The van der Waals surface area contributed by atoms with Gasteiger partial charge in [-0.25, -0.2) is 0 Å². The fourth-order valence-electron chi connectivity index (χ4n) is 2.33. The van der Waals surface area contributed by atoms with Crippen LogP contribution in [-0.2, 0) is 0 Å². The zero-order valence-corrected chi connectivity index (χ0v) is 13.8. The molecule has 20 heavy (non-hydrogen) atoms. The van der Waals surface area contributed by atoms with Crippen LogP contribution in [0.1, 0.15) is 19.8 Å². The Hall–Kier alpha value is -0.550. The Morgan fingerprint density at radius 3 is 2.65 bits per heavy atom. The number of likely N-dealkylation sites (tertiary alicyclic amines) is 1. The van der Waals surface area contributed by atoms with Crippen LogP contribution in [0.25, 0.3) is 0 Å².